The van der Waals surface area contributed by atoms with Crippen LogP contribution in [0.25, 0.3) is 0 Å². The minimum absolute atomic E-state index is 0. The SMILES string of the molecule is CCOc1ccc(S(=O)(=O)NCCN2CCNCC2)cc1Br.Cl.Cl. The van der Waals surface area contributed by atoms with E-state index in [4.69, 9.17) is 4.74 Å². The van der Waals surface area contributed by atoms with Gasteiger partial charge in [0.1, 0.15) is 5.75 Å². The van der Waals surface area contributed by atoms with E-state index in [0.717, 1.165) is 32.7 Å². The summed E-state index contributed by atoms with van der Waals surface area (Å²) >= 11 is 3.34. The van der Waals surface area contributed by atoms with Crippen molar-refractivity contribution in [2.45, 2.75) is 11.8 Å². The van der Waals surface area contributed by atoms with Gasteiger partial charge in [-0.1, -0.05) is 0 Å². The van der Waals surface area contributed by atoms with E-state index in [1.807, 2.05) is 6.92 Å². The molecule has 0 radical (unpaired) electrons. The Morgan fingerprint density at radius 2 is 1.96 bits per heavy atom. The standard InChI is InChI=1S/C14H22BrN3O3S.2ClH/c1-2-21-14-4-3-12(11-13(14)15)22(19,20)17-7-10-18-8-5-16-6-9-18;;/h3-4,11,16-17H,2,5-10H2,1H3;2*1H. The topological polar surface area (TPSA) is 70.7 Å². The Morgan fingerprint density at radius 3 is 2.54 bits per heavy atom. The van der Waals surface area contributed by atoms with Crippen LogP contribution < -0.4 is 14.8 Å². The van der Waals surface area contributed by atoms with Crippen molar-refractivity contribution in [3.8, 4) is 5.75 Å². The smallest absolute Gasteiger partial charge is 0.240 e. The highest BCUT2D eigenvalue weighted by Gasteiger charge is 2.16. The number of hydrogen-bond donors (Lipinski definition) is 2. The second-order valence-corrected chi connectivity index (χ2v) is 7.64. The van der Waals surface area contributed by atoms with E-state index in [1.165, 1.54) is 0 Å². The molecule has 140 valence electrons. The minimum Gasteiger partial charge on any atom is -0.493 e. The molecule has 0 amide bonds. The molecular formula is C14H24BrCl2N3O3S. The Morgan fingerprint density at radius 1 is 1.29 bits per heavy atom. The quantitative estimate of drug-likeness (QED) is 0.644. The summed E-state index contributed by atoms with van der Waals surface area (Å²) in [5.74, 6) is 0.641. The van der Waals surface area contributed by atoms with Crippen LogP contribution in [-0.2, 0) is 10.0 Å². The van der Waals surface area contributed by atoms with Gasteiger partial charge >= 0.3 is 0 Å². The van der Waals surface area contributed by atoms with Crippen LogP contribution in [0.1, 0.15) is 6.92 Å². The fourth-order valence-corrected chi connectivity index (χ4v) is 3.97. The van der Waals surface area contributed by atoms with Gasteiger partial charge in [-0.2, -0.15) is 0 Å². The maximum Gasteiger partial charge on any atom is 0.240 e. The largest absolute Gasteiger partial charge is 0.493 e. The van der Waals surface area contributed by atoms with Crippen LogP contribution in [0.4, 0.5) is 0 Å². The van der Waals surface area contributed by atoms with Gasteiger partial charge in [-0.15, -0.1) is 24.8 Å². The summed E-state index contributed by atoms with van der Waals surface area (Å²) in [6, 6.07) is 4.79. The van der Waals surface area contributed by atoms with Gasteiger partial charge in [-0.25, -0.2) is 13.1 Å². The highest BCUT2D eigenvalue weighted by atomic mass is 79.9. The highest BCUT2D eigenvalue weighted by Crippen LogP contribution is 2.27. The van der Waals surface area contributed by atoms with Crippen LogP contribution in [0, 0.1) is 0 Å². The molecule has 1 heterocycles. The summed E-state index contributed by atoms with van der Waals surface area (Å²) in [4.78, 5) is 2.48. The third-order valence-electron chi connectivity index (χ3n) is 3.44. The van der Waals surface area contributed by atoms with Crippen LogP contribution in [0.3, 0.4) is 0 Å². The van der Waals surface area contributed by atoms with E-state index in [1.54, 1.807) is 18.2 Å². The van der Waals surface area contributed by atoms with E-state index in [9.17, 15) is 8.42 Å². The first-order valence-electron chi connectivity index (χ1n) is 7.38. The fourth-order valence-electron chi connectivity index (χ4n) is 2.28. The second kappa shape index (κ2) is 11.5. The number of benzene rings is 1. The lowest BCUT2D eigenvalue weighted by Crippen LogP contribution is -2.46. The highest BCUT2D eigenvalue weighted by molar-refractivity contribution is 9.10. The summed E-state index contributed by atoms with van der Waals surface area (Å²) in [5.41, 5.74) is 0. The van der Waals surface area contributed by atoms with Gasteiger partial charge in [-0.05, 0) is 41.1 Å². The number of halogens is 3. The normalized spacial score (nSPS) is 15.2. The van der Waals surface area contributed by atoms with Crippen molar-refractivity contribution in [2.24, 2.45) is 0 Å². The van der Waals surface area contributed by atoms with Crippen LogP contribution in [0.15, 0.2) is 27.6 Å². The summed E-state index contributed by atoms with van der Waals surface area (Å²) in [6.07, 6.45) is 0. The summed E-state index contributed by atoms with van der Waals surface area (Å²) in [7, 11) is -3.49. The Labute approximate surface area is 164 Å². The van der Waals surface area contributed by atoms with Crippen molar-refractivity contribution < 1.29 is 13.2 Å². The summed E-state index contributed by atoms with van der Waals surface area (Å²) < 4.78 is 33.3. The Hall–Kier alpha value is -0.0900. The third kappa shape index (κ3) is 7.03. The number of nitrogens with one attached hydrogen (secondary N) is 2. The van der Waals surface area contributed by atoms with Gasteiger partial charge in [0.25, 0.3) is 0 Å². The van der Waals surface area contributed by atoms with Gasteiger partial charge in [0, 0.05) is 39.3 Å². The van der Waals surface area contributed by atoms with E-state index in [2.05, 4.69) is 30.9 Å². The monoisotopic (exact) mass is 463 g/mol. The zero-order valence-corrected chi connectivity index (χ0v) is 17.5. The van der Waals surface area contributed by atoms with Gasteiger partial charge in [0.05, 0.1) is 16.0 Å². The molecule has 1 aromatic carbocycles. The molecule has 1 fully saturated rings. The van der Waals surface area contributed by atoms with Crippen molar-refractivity contribution in [1.82, 2.24) is 14.9 Å². The molecule has 1 aliphatic heterocycles. The third-order valence-corrected chi connectivity index (χ3v) is 5.52. The lowest BCUT2D eigenvalue weighted by atomic mass is 10.3. The molecule has 0 spiro atoms. The van der Waals surface area contributed by atoms with E-state index in [0.29, 0.717) is 23.4 Å². The molecule has 1 saturated heterocycles. The molecule has 1 aromatic rings. The Kier molecular flexibility index (Phi) is 11.5. The predicted molar refractivity (Wildman–Crippen MR) is 104 cm³/mol. The van der Waals surface area contributed by atoms with Crippen LogP contribution in [0.5, 0.6) is 5.75 Å². The molecule has 2 rings (SSSR count). The van der Waals surface area contributed by atoms with Crippen molar-refractivity contribution in [3.05, 3.63) is 22.7 Å². The molecule has 6 nitrogen and oxygen atoms in total. The van der Waals surface area contributed by atoms with Gasteiger partial charge in [-0.3, -0.25) is 4.90 Å². The molecule has 2 N–H and O–H groups in total. The molecule has 0 bridgehead atoms. The molecule has 0 unspecified atom stereocenters. The zero-order valence-electron chi connectivity index (χ0n) is 13.5. The number of ether oxygens (including phenoxy) is 1. The fraction of sp³-hybridized carbons (Fsp3) is 0.571. The number of sulfonamides is 1. The average Bonchev–Trinajstić information content (AvgIpc) is 2.50. The Balaban J connectivity index is 0.00000264. The van der Waals surface area contributed by atoms with Gasteiger partial charge < -0.3 is 10.1 Å². The van der Waals surface area contributed by atoms with Crippen LogP contribution >= 0.6 is 40.7 Å². The molecule has 0 atom stereocenters. The lowest BCUT2D eigenvalue weighted by Gasteiger charge is -2.27. The van der Waals surface area contributed by atoms with Gasteiger partial charge in [0.2, 0.25) is 10.0 Å². The molecule has 24 heavy (non-hydrogen) atoms. The van der Waals surface area contributed by atoms with Gasteiger partial charge in [0.15, 0.2) is 0 Å². The number of nitrogens with zero attached hydrogens (tertiary/aromatic N) is 1. The predicted octanol–water partition coefficient (Wildman–Crippen LogP) is 1.87. The minimum atomic E-state index is -3.49. The first kappa shape index (κ1) is 23.9. The number of hydrogen-bond acceptors (Lipinski definition) is 5. The van der Waals surface area contributed by atoms with E-state index in [-0.39, 0.29) is 29.7 Å². The number of piperazine rings is 1. The molecule has 0 aliphatic carbocycles. The molecule has 0 aromatic heterocycles. The first-order chi connectivity index (χ1) is 10.5. The molecule has 10 heteroatoms. The summed E-state index contributed by atoms with van der Waals surface area (Å²) in [6.45, 7) is 7.37. The van der Waals surface area contributed by atoms with Crippen molar-refractivity contribution in [2.75, 3.05) is 45.9 Å². The average molecular weight is 465 g/mol. The van der Waals surface area contributed by atoms with Crippen LogP contribution in [-0.4, -0.2) is 59.2 Å². The summed E-state index contributed by atoms with van der Waals surface area (Å²) in [5, 5.41) is 3.27. The molecule has 0 saturated carbocycles. The van der Waals surface area contributed by atoms with Crippen molar-refractivity contribution in [1.29, 1.82) is 0 Å². The van der Waals surface area contributed by atoms with E-state index >= 15 is 0 Å². The van der Waals surface area contributed by atoms with Crippen molar-refractivity contribution >= 4 is 50.8 Å². The maximum atomic E-state index is 12.3. The van der Waals surface area contributed by atoms with Crippen LogP contribution in [0.2, 0.25) is 0 Å². The molecule has 1 aliphatic rings. The van der Waals surface area contributed by atoms with E-state index < -0.39 is 10.0 Å². The molecular weight excluding hydrogens is 441 g/mol. The second-order valence-electron chi connectivity index (χ2n) is 5.01. The number of rotatable bonds is 7. The Bertz CT molecular complexity index is 599. The van der Waals surface area contributed by atoms with Crippen molar-refractivity contribution in [3.63, 3.8) is 0 Å². The zero-order chi connectivity index (χ0) is 16.0. The first-order valence-corrected chi connectivity index (χ1v) is 9.65. The lowest BCUT2D eigenvalue weighted by molar-refractivity contribution is 0.245. The maximum absolute atomic E-state index is 12.3.